The van der Waals surface area contributed by atoms with E-state index in [9.17, 15) is 0 Å². The van der Waals surface area contributed by atoms with Crippen molar-refractivity contribution in [2.45, 2.75) is 20.8 Å². The van der Waals surface area contributed by atoms with Crippen molar-refractivity contribution >= 4 is 0 Å². The zero-order valence-electron chi connectivity index (χ0n) is 16.2. The number of aryl methyl sites for hydroxylation is 3. The van der Waals surface area contributed by atoms with Crippen molar-refractivity contribution in [3.8, 4) is 33.4 Å². The van der Waals surface area contributed by atoms with E-state index in [1.54, 1.807) is 0 Å². The van der Waals surface area contributed by atoms with Gasteiger partial charge in [-0.3, -0.25) is 0 Å². The van der Waals surface area contributed by atoms with Crippen LogP contribution in [0.3, 0.4) is 0 Å². The smallest absolute Gasteiger partial charge is 0.0154 e. The molecule has 0 bridgehead atoms. The van der Waals surface area contributed by atoms with Crippen molar-refractivity contribution in [3.63, 3.8) is 0 Å². The molecule has 0 heterocycles. The summed E-state index contributed by atoms with van der Waals surface area (Å²) in [5, 5.41) is 0. The second kappa shape index (κ2) is 7.25. The van der Waals surface area contributed by atoms with Crippen LogP contribution in [-0.2, 0) is 0 Å². The lowest BCUT2D eigenvalue weighted by molar-refractivity contribution is 1.42. The first-order chi connectivity index (χ1) is 13.1. The molecule has 0 saturated heterocycles. The molecule has 0 fully saturated rings. The largest absolute Gasteiger partial charge is 0.0620 e. The van der Waals surface area contributed by atoms with Crippen LogP contribution < -0.4 is 0 Å². The van der Waals surface area contributed by atoms with Crippen LogP contribution in [0.25, 0.3) is 33.4 Å². The van der Waals surface area contributed by atoms with Crippen LogP contribution in [0.4, 0.5) is 0 Å². The Labute approximate surface area is 162 Å². The molecule has 0 aliphatic carbocycles. The third-order valence-corrected chi connectivity index (χ3v) is 5.30. The van der Waals surface area contributed by atoms with Crippen LogP contribution in [0.1, 0.15) is 16.7 Å². The van der Waals surface area contributed by atoms with Crippen molar-refractivity contribution in [2.24, 2.45) is 0 Å². The van der Waals surface area contributed by atoms with E-state index in [4.69, 9.17) is 0 Å². The minimum atomic E-state index is 1.27. The topological polar surface area (TPSA) is 0 Å². The van der Waals surface area contributed by atoms with Gasteiger partial charge in [-0.05, 0) is 89.0 Å². The van der Waals surface area contributed by atoms with Gasteiger partial charge in [-0.15, -0.1) is 0 Å². The molecule has 0 spiro atoms. The van der Waals surface area contributed by atoms with Crippen molar-refractivity contribution < 1.29 is 0 Å². The van der Waals surface area contributed by atoms with Gasteiger partial charge >= 0.3 is 0 Å². The molecule has 0 aliphatic rings. The highest BCUT2D eigenvalue weighted by Gasteiger charge is 2.11. The summed E-state index contributed by atoms with van der Waals surface area (Å²) in [6, 6.07) is 32.9. The molecule has 4 rings (SSSR count). The molecule has 0 nitrogen and oxygen atoms in total. The Balaban J connectivity index is 1.99. The highest BCUT2D eigenvalue weighted by atomic mass is 14.1. The number of rotatable bonds is 3. The molecule has 0 amide bonds. The summed E-state index contributed by atoms with van der Waals surface area (Å²) in [6.45, 7) is 6.55. The molecule has 0 N–H and O–H groups in total. The van der Waals surface area contributed by atoms with Crippen LogP contribution in [-0.4, -0.2) is 0 Å². The highest BCUT2D eigenvalue weighted by molar-refractivity contribution is 5.83. The SMILES string of the molecule is Cc1ccccc1-c1cc(-c2ccccc2C)cc(-c2ccccc2C)c1. The molecule has 132 valence electrons. The van der Waals surface area contributed by atoms with E-state index in [0.29, 0.717) is 0 Å². The number of benzene rings is 4. The maximum atomic E-state index is 2.33. The van der Waals surface area contributed by atoms with E-state index >= 15 is 0 Å². The van der Waals surface area contributed by atoms with Crippen molar-refractivity contribution in [3.05, 3.63) is 108 Å². The molecular formula is C27H24. The Kier molecular flexibility index (Phi) is 4.64. The summed E-state index contributed by atoms with van der Waals surface area (Å²) in [6.07, 6.45) is 0. The fourth-order valence-electron chi connectivity index (χ4n) is 3.78. The zero-order chi connectivity index (χ0) is 18.8. The zero-order valence-corrected chi connectivity index (χ0v) is 16.2. The quantitative estimate of drug-likeness (QED) is 0.357. The van der Waals surface area contributed by atoms with E-state index in [-0.39, 0.29) is 0 Å². The Hall–Kier alpha value is -3.12. The maximum absolute atomic E-state index is 2.33. The molecule has 27 heavy (non-hydrogen) atoms. The maximum Gasteiger partial charge on any atom is -0.0154 e. The normalized spacial score (nSPS) is 10.8. The lowest BCUT2D eigenvalue weighted by atomic mass is 9.89. The van der Waals surface area contributed by atoms with Gasteiger partial charge < -0.3 is 0 Å². The van der Waals surface area contributed by atoms with Gasteiger partial charge in [-0.1, -0.05) is 72.8 Å². The predicted molar refractivity (Wildman–Crippen MR) is 117 cm³/mol. The lowest BCUT2D eigenvalue weighted by Gasteiger charge is -2.15. The Morgan fingerprint density at radius 3 is 0.889 bits per heavy atom. The lowest BCUT2D eigenvalue weighted by Crippen LogP contribution is -1.90. The second-order valence-corrected chi connectivity index (χ2v) is 7.24. The van der Waals surface area contributed by atoms with Gasteiger partial charge in [-0.25, -0.2) is 0 Å². The van der Waals surface area contributed by atoms with Gasteiger partial charge in [0.15, 0.2) is 0 Å². The predicted octanol–water partition coefficient (Wildman–Crippen LogP) is 7.61. The van der Waals surface area contributed by atoms with Gasteiger partial charge in [0.25, 0.3) is 0 Å². The molecule has 4 aromatic carbocycles. The van der Waals surface area contributed by atoms with Crippen LogP contribution in [0, 0.1) is 20.8 Å². The van der Waals surface area contributed by atoms with Gasteiger partial charge in [0.1, 0.15) is 0 Å². The minimum absolute atomic E-state index is 1.27. The molecule has 0 saturated carbocycles. The summed E-state index contributed by atoms with van der Waals surface area (Å²) in [7, 11) is 0. The third kappa shape index (κ3) is 3.44. The molecule has 0 atom stereocenters. The van der Waals surface area contributed by atoms with Crippen molar-refractivity contribution in [1.29, 1.82) is 0 Å². The number of hydrogen-bond acceptors (Lipinski definition) is 0. The summed E-state index contributed by atoms with van der Waals surface area (Å²) < 4.78 is 0. The Bertz CT molecular complexity index is 948. The molecule has 0 heteroatoms. The van der Waals surface area contributed by atoms with E-state index in [1.165, 1.54) is 50.1 Å². The highest BCUT2D eigenvalue weighted by Crippen LogP contribution is 2.35. The standard InChI is InChI=1S/C27H24/c1-19-10-4-7-13-25(19)22-16-23(26-14-8-5-11-20(26)2)18-24(17-22)27-15-9-6-12-21(27)3/h4-18H,1-3H3. The second-order valence-electron chi connectivity index (χ2n) is 7.24. The van der Waals surface area contributed by atoms with Crippen LogP contribution in [0.2, 0.25) is 0 Å². The van der Waals surface area contributed by atoms with Gasteiger partial charge in [0.05, 0.1) is 0 Å². The summed E-state index contributed by atoms with van der Waals surface area (Å²) >= 11 is 0. The monoisotopic (exact) mass is 348 g/mol. The van der Waals surface area contributed by atoms with E-state index in [2.05, 4.69) is 112 Å². The third-order valence-electron chi connectivity index (χ3n) is 5.30. The van der Waals surface area contributed by atoms with Crippen molar-refractivity contribution in [2.75, 3.05) is 0 Å². The first-order valence-corrected chi connectivity index (χ1v) is 9.46. The van der Waals surface area contributed by atoms with Gasteiger partial charge in [0.2, 0.25) is 0 Å². The molecule has 4 aromatic rings. The molecule has 0 aliphatic heterocycles. The van der Waals surface area contributed by atoms with Crippen molar-refractivity contribution in [1.82, 2.24) is 0 Å². The first-order valence-electron chi connectivity index (χ1n) is 9.46. The van der Waals surface area contributed by atoms with E-state index < -0.39 is 0 Å². The van der Waals surface area contributed by atoms with E-state index in [0.717, 1.165) is 0 Å². The fraction of sp³-hybridized carbons (Fsp3) is 0.111. The molecular weight excluding hydrogens is 324 g/mol. The van der Waals surface area contributed by atoms with Gasteiger partial charge in [-0.2, -0.15) is 0 Å². The summed E-state index contributed by atoms with van der Waals surface area (Å²) in [4.78, 5) is 0. The Morgan fingerprint density at radius 2 is 0.630 bits per heavy atom. The summed E-state index contributed by atoms with van der Waals surface area (Å²) in [5.41, 5.74) is 11.6. The number of hydrogen-bond donors (Lipinski definition) is 0. The molecule has 0 aromatic heterocycles. The minimum Gasteiger partial charge on any atom is -0.0620 e. The molecule has 0 unspecified atom stereocenters. The van der Waals surface area contributed by atoms with Crippen LogP contribution in [0.5, 0.6) is 0 Å². The van der Waals surface area contributed by atoms with Gasteiger partial charge in [0, 0.05) is 0 Å². The average Bonchev–Trinajstić information content (AvgIpc) is 2.69. The summed E-state index contributed by atoms with van der Waals surface area (Å²) in [5.74, 6) is 0. The van der Waals surface area contributed by atoms with Crippen LogP contribution >= 0.6 is 0 Å². The Morgan fingerprint density at radius 1 is 0.370 bits per heavy atom. The first kappa shape index (κ1) is 17.3. The van der Waals surface area contributed by atoms with E-state index in [1.807, 2.05) is 0 Å². The van der Waals surface area contributed by atoms with Crippen LogP contribution in [0.15, 0.2) is 91.0 Å². The average molecular weight is 348 g/mol. The molecule has 0 radical (unpaired) electrons. The fourth-order valence-corrected chi connectivity index (χ4v) is 3.78.